The summed E-state index contributed by atoms with van der Waals surface area (Å²) in [7, 11) is 1.50. The summed E-state index contributed by atoms with van der Waals surface area (Å²) in [4.78, 5) is 11.4. The van der Waals surface area contributed by atoms with Gasteiger partial charge in [0.15, 0.2) is 0 Å². The monoisotopic (exact) mass is 275 g/mol. The maximum absolute atomic E-state index is 11.4. The lowest BCUT2D eigenvalue weighted by molar-refractivity contribution is -0.129. The van der Waals surface area contributed by atoms with Gasteiger partial charge in [-0.25, -0.2) is 0 Å². The summed E-state index contributed by atoms with van der Waals surface area (Å²) in [6.07, 6.45) is 0.230. The summed E-state index contributed by atoms with van der Waals surface area (Å²) in [6.45, 7) is 2.22. The number of rotatable bonds is 5. The molecule has 1 atom stereocenters. The van der Waals surface area contributed by atoms with Gasteiger partial charge in [0.25, 0.3) is 0 Å². The predicted octanol–water partition coefficient (Wildman–Crippen LogP) is 2.69. The van der Waals surface area contributed by atoms with Crippen molar-refractivity contribution in [3.63, 3.8) is 0 Å². The Morgan fingerprint density at radius 3 is 2.76 bits per heavy atom. The smallest absolute Gasteiger partial charge is 0.248 e. The average Bonchev–Trinajstić information content (AvgIpc) is 2.30. The number of halogens is 2. The summed E-state index contributed by atoms with van der Waals surface area (Å²) in [6, 6.07) is 5.33. The fraction of sp³-hybridized carbons (Fsp3) is 0.417. The maximum Gasteiger partial charge on any atom is 0.248 e. The molecule has 0 saturated carbocycles. The van der Waals surface area contributed by atoms with Gasteiger partial charge in [0.1, 0.15) is 6.10 Å². The molecule has 1 N–H and O–H groups in total. The van der Waals surface area contributed by atoms with Gasteiger partial charge >= 0.3 is 0 Å². The molecule has 0 aliphatic carbocycles. The standard InChI is InChI=1S/C12H15Cl2NO2/c1-8(17-2)12(16)15-6-5-9-3-4-10(13)7-11(9)14/h3-4,7-8H,5-6H2,1-2H3,(H,15,16). The number of amides is 1. The topological polar surface area (TPSA) is 38.3 Å². The van der Waals surface area contributed by atoms with E-state index in [9.17, 15) is 4.79 Å². The third-order valence-corrected chi connectivity index (χ3v) is 3.02. The minimum absolute atomic E-state index is 0.127. The number of ether oxygens (including phenoxy) is 1. The van der Waals surface area contributed by atoms with Crippen molar-refractivity contribution in [3.8, 4) is 0 Å². The number of benzene rings is 1. The Labute approximate surface area is 111 Å². The molecule has 1 unspecified atom stereocenters. The molecule has 0 spiro atoms. The molecule has 0 radical (unpaired) electrons. The quantitative estimate of drug-likeness (QED) is 0.898. The van der Waals surface area contributed by atoms with E-state index in [0.717, 1.165) is 5.56 Å². The average molecular weight is 276 g/mol. The van der Waals surface area contributed by atoms with Crippen molar-refractivity contribution in [2.75, 3.05) is 13.7 Å². The summed E-state index contributed by atoms with van der Waals surface area (Å²) >= 11 is 11.8. The van der Waals surface area contributed by atoms with Gasteiger partial charge in [0, 0.05) is 23.7 Å². The van der Waals surface area contributed by atoms with Crippen molar-refractivity contribution in [3.05, 3.63) is 33.8 Å². The van der Waals surface area contributed by atoms with Crippen LogP contribution >= 0.6 is 23.2 Å². The fourth-order valence-electron chi connectivity index (χ4n) is 1.30. The van der Waals surface area contributed by atoms with Gasteiger partial charge in [-0.05, 0) is 31.0 Å². The Morgan fingerprint density at radius 1 is 1.47 bits per heavy atom. The molecule has 17 heavy (non-hydrogen) atoms. The van der Waals surface area contributed by atoms with Crippen LogP contribution in [0.3, 0.4) is 0 Å². The van der Waals surface area contributed by atoms with Gasteiger partial charge < -0.3 is 10.1 Å². The van der Waals surface area contributed by atoms with Crippen LogP contribution in [0.2, 0.25) is 10.0 Å². The van der Waals surface area contributed by atoms with Crippen LogP contribution in [0.4, 0.5) is 0 Å². The Bertz CT molecular complexity index is 396. The second-order valence-corrected chi connectivity index (χ2v) is 4.50. The summed E-state index contributed by atoms with van der Waals surface area (Å²) in [5.41, 5.74) is 0.960. The van der Waals surface area contributed by atoms with Crippen molar-refractivity contribution in [2.45, 2.75) is 19.4 Å². The Morgan fingerprint density at radius 2 is 2.18 bits per heavy atom. The van der Waals surface area contributed by atoms with E-state index >= 15 is 0 Å². The van der Waals surface area contributed by atoms with E-state index in [1.807, 2.05) is 6.07 Å². The van der Waals surface area contributed by atoms with Crippen molar-refractivity contribution in [2.24, 2.45) is 0 Å². The number of methoxy groups -OCH3 is 1. The first kappa shape index (κ1) is 14.3. The normalized spacial score (nSPS) is 12.2. The van der Waals surface area contributed by atoms with Crippen molar-refractivity contribution < 1.29 is 9.53 Å². The van der Waals surface area contributed by atoms with Crippen LogP contribution in [0.25, 0.3) is 0 Å². The van der Waals surface area contributed by atoms with Crippen LogP contribution in [0.15, 0.2) is 18.2 Å². The van der Waals surface area contributed by atoms with Crippen LogP contribution in [-0.2, 0) is 16.0 Å². The summed E-state index contributed by atoms with van der Waals surface area (Å²) in [5.74, 6) is -0.127. The van der Waals surface area contributed by atoms with Crippen LogP contribution in [0.1, 0.15) is 12.5 Å². The number of carbonyl (C=O) groups excluding carboxylic acids is 1. The van der Waals surface area contributed by atoms with Gasteiger partial charge in [-0.1, -0.05) is 29.3 Å². The highest BCUT2D eigenvalue weighted by Gasteiger charge is 2.10. The lowest BCUT2D eigenvalue weighted by Gasteiger charge is -2.10. The molecular formula is C12H15Cl2NO2. The highest BCUT2D eigenvalue weighted by molar-refractivity contribution is 6.35. The minimum atomic E-state index is -0.435. The largest absolute Gasteiger partial charge is 0.372 e. The third-order valence-electron chi connectivity index (χ3n) is 2.43. The lowest BCUT2D eigenvalue weighted by atomic mass is 10.1. The molecular weight excluding hydrogens is 261 g/mol. The van der Waals surface area contributed by atoms with Crippen LogP contribution in [0.5, 0.6) is 0 Å². The fourth-order valence-corrected chi connectivity index (χ4v) is 1.80. The van der Waals surface area contributed by atoms with Crippen LogP contribution in [-0.4, -0.2) is 25.7 Å². The molecule has 1 amide bonds. The maximum atomic E-state index is 11.4. The van der Waals surface area contributed by atoms with E-state index < -0.39 is 6.10 Å². The van der Waals surface area contributed by atoms with Gasteiger partial charge in [-0.15, -0.1) is 0 Å². The summed E-state index contributed by atoms with van der Waals surface area (Å²) < 4.78 is 4.90. The zero-order chi connectivity index (χ0) is 12.8. The molecule has 0 fully saturated rings. The lowest BCUT2D eigenvalue weighted by Crippen LogP contribution is -2.35. The molecule has 1 aromatic rings. The predicted molar refractivity (Wildman–Crippen MR) is 69.6 cm³/mol. The molecule has 0 bridgehead atoms. The van der Waals surface area contributed by atoms with Gasteiger partial charge in [-0.2, -0.15) is 0 Å². The van der Waals surface area contributed by atoms with Crippen LogP contribution in [0, 0.1) is 0 Å². The first-order chi connectivity index (χ1) is 8.04. The molecule has 3 nitrogen and oxygen atoms in total. The van der Waals surface area contributed by atoms with E-state index in [1.54, 1.807) is 19.1 Å². The first-order valence-electron chi connectivity index (χ1n) is 5.29. The number of hydrogen-bond acceptors (Lipinski definition) is 2. The van der Waals surface area contributed by atoms with Gasteiger partial charge in [0.2, 0.25) is 5.91 Å². The zero-order valence-corrected chi connectivity index (χ0v) is 11.3. The first-order valence-corrected chi connectivity index (χ1v) is 6.04. The van der Waals surface area contributed by atoms with Gasteiger partial charge in [0.05, 0.1) is 0 Å². The Hall–Kier alpha value is -0.770. The van der Waals surface area contributed by atoms with Crippen molar-refractivity contribution in [1.82, 2.24) is 5.32 Å². The molecule has 1 rings (SSSR count). The molecule has 0 aliphatic heterocycles. The Kier molecular flexibility index (Phi) is 5.75. The molecule has 5 heteroatoms. The minimum Gasteiger partial charge on any atom is -0.372 e. The second kappa shape index (κ2) is 6.84. The van der Waals surface area contributed by atoms with Crippen LogP contribution < -0.4 is 5.32 Å². The van der Waals surface area contributed by atoms with Crippen molar-refractivity contribution >= 4 is 29.1 Å². The van der Waals surface area contributed by atoms with Crippen molar-refractivity contribution in [1.29, 1.82) is 0 Å². The number of hydrogen-bond donors (Lipinski definition) is 1. The Balaban J connectivity index is 2.43. The summed E-state index contributed by atoms with van der Waals surface area (Å²) in [5, 5.41) is 3.99. The van der Waals surface area contributed by atoms with E-state index in [4.69, 9.17) is 27.9 Å². The molecule has 0 heterocycles. The SMILES string of the molecule is COC(C)C(=O)NCCc1ccc(Cl)cc1Cl. The van der Waals surface area contributed by atoms with E-state index in [2.05, 4.69) is 5.32 Å². The highest BCUT2D eigenvalue weighted by Crippen LogP contribution is 2.20. The number of nitrogens with one attached hydrogen (secondary N) is 1. The van der Waals surface area contributed by atoms with E-state index in [-0.39, 0.29) is 5.91 Å². The molecule has 0 saturated heterocycles. The molecule has 0 aromatic heterocycles. The second-order valence-electron chi connectivity index (χ2n) is 3.65. The highest BCUT2D eigenvalue weighted by atomic mass is 35.5. The third kappa shape index (κ3) is 4.54. The van der Waals surface area contributed by atoms with E-state index in [0.29, 0.717) is 23.0 Å². The molecule has 0 aliphatic rings. The number of carbonyl (C=O) groups is 1. The molecule has 94 valence electrons. The molecule has 1 aromatic carbocycles. The van der Waals surface area contributed by atoms with Gasteiger partial charge in [-0.3, -0.25) is 4.79 Å². The zero-order valence-electron chi connectivity index (χ0n) is 9.80. The van der Waals surface area contributed by atoms with E-state index in [1.165, 1.54) is 7.11 Å².